The van der Waals surface area contributed by atoms with Gasteiger partial charge in [0.2, 0.25) is 0 Å². The Morgan fingerprint density at radius 2 is 1.71 bits per heavy atom. The maximum absolute atomic E-state index is 14.6. The maximum Gasteiger partial charge on any atom is 0.351 e. The zero-order valence-corrected chi connectivity index (χ0v) is 48.1. The number of aliphatic hydroxyl groups is 2. The number of ether oxygens (including phenoxy) is 8. The summed E-state index contributed by atoms with van der Waals surface area (Å²) in [5.74, 6) is -10.6. The van der Waals surface area contributed by atoms with E-state index in [1.807, 2.05) is 0 Å². The van der Waals surface area contributed by atoms with Crippen LogP contribution >= 0.6 is 11.8 Å². The van der Waals surface area contributed by atoms with Crippen LogP contribution in [0.5, 0.6) is 23.0 Å². The van der Waals surface area contributed by atoms with E-state index in [0.717, 1.165) is 10.8 Å². The summed E-state index contributed by atoms with van der Waals surface area (Å²) in [5, 5.41) is 72.0. The Labute approximate surface area is 480 Å². The molecule has 2 aromatic carbocycles. The Balaban J connectivity index is 1.01. The molecule has 11 atom stereocenters. The number of amides is 1. The number of nitrogens with one attached hydrogen (secondary N) is 2. The number of aromatic nitrogens is 5. The van der Waals surface area contributed by atoms with Crippen LogP contribution in [0.25, 0.3) is 10.8 Å². The van der Waals surface area contributed by atoms with Gasteiger partial charge in [-0.2, -0.15) is 4.98 Å². The first-order valence-electron chi connectivity index (χ1n) is 26.7. The molecule has 4 aliphatic heterocycles. The standard InChI is InChI=1S/C55H71FN8O18S/c1-26-11-10-12-27(2)53(73)59-43-34(20-58-25-77-18-17-76-16-14-63-21-33(61-62-63)19-38(66)78-23-39-81-37(24-83-39)64-22-35(56)52(57)60-54(64)74)47(70)40-41(48(43)71)46(69)31(6)50-42(40)51(72)55(8,82-50)79-15-13-36(75-9)28(3)49(80-32(7)65)30(5)45(68)29(4)44(26)67/h10-13,15,21-22,26,28-30,36-37,39,44-45,49,58,67-71H,14,16-20,23-25H2,1-9H3,(H,59,73)(H2,57,60,74)/b11-10+,15-13+,27-12-/t26-,28+,29+,30+,36-,37?,39?,44-,45+,49+,55-/m0/s1. The fraction of sp³-hybridized carbons (Fsp3) is 0.527. The van der Waals surface area contributed by atoms with E-state index in [4.69, 9.17) is 43.6 Å². The molecule has 6 heterocycles. The van der Waals surface area contributed by atoms with Crippen molar-refractivity contribution < 1.29 is 87.0 Å². The number of carbonyl (C=O) groups is 4. The minimum Gasteiger partial charge on any atom is -0.507 e. The fourth-order valence-corrected chi connectivity index (χ4v) is 10.9. The SMILES string of the molecule is CO[C@H]1/C=C/O[C@@]2(C)Oc3c(C)c(O)c4c(O)c(c(CNCOCCOCCn5cc(CC(=O)OCC6OC(n7cc(F)c(N)nc7=O)CS6)nn5)c(O)c4c3C2=O)NC(=O)/C(C)=C\C=C\[C@H](C)[C@H](O)[C@@H](C)[C@@H](O)[C@@H](C)[C@H](OC(C)=O)[C@@H]1C. The maximum atomic E-state index is 14.6. The summed E-state index contributed by atoms with van der Waals surface area (Å²) >= 11 is 1.27. The third-order valence-electron chi connectivity index (χ3n) is 14.7. The van der Waals surface area contributed by atoms with Gasteiger partial charge in [0.15, 0.2) is 17.4 Å². The molecule has 1 amide bonds. The summed E-state index contributed by atoms with van der Waals surface area (Å²) in [6, 6.07) is 0. The van der Waals surface area contributed by atoms with Gasteiger partial charge in [0.05, 0.1) is 92.6 Å². The number of thioether (sulfide) groups is 1. The molecular weight excluding hydrogens is 1110 g/mol. The molecule has 9 N–H and O–H groups in total. The number of phenols is 3. The van der Waals surface area contributed by atoms with Crippen molar-refractivity contribution >= 4 is 57.7 Å². The number of allylic oxidation sites excluding steroid dienone is 2. The molecule has 4 aliphatic rings. The Kier molecular flexibility index (Phi) is 21.0. The van der Waals surface area contributed by atoms with E-state index < -0.39 is 124 Å². The quantitative estimate of drug-likeness (QED) is 0.0245. The number of benzene rings is 2. The molecule has 4 aromatic rings. The van der Waals surface area contributed by atoms with Crippen molar-refractivity contribution in [1.82, 2.24) is 29.9 Å². The third-order valence-corrected chi connectivity index (χ3v) is 15.8. The number of hydrogen-bond donors (Lipinski definition) is 8. The number of nitrogens with zero attached hydrogens (tertiary/aromatic N) is 5. The molecule has 5 bridgehead atoms. The van der Waals surface area contributed by atoms with Crippen LogP contribution in [0, 0.1) is 36.4 Å². The highest BCUT2D eigenvalue weighted by atomic mass is 32.2. The number of fused-ring (bicyclic) bond motifs is 14. The highest BCUT2D eigenvalue weighted by Crippen LogP contribution is 2.55. The molecule has 1 fully saturated rings. The summed E-state index contributed by atoms with van der Waals surface area (Å²) in [6.07, 6.45) is 4.69. The van der Waals surface area contributed by atoms with Crippen molar-refractivity contribution in [2.45, 2.75) is 117 Å². The van der Waals surface area contributed by atoms with Crippen molar-refractivity contribution in [3.8, 4) is 23.0 Å². The van der Waals surface area contributed by atoms with E-state index in [-0.39, 0.29) is 103 Å². The lowest BCUT2D eigenvalue weighted by Crippen LogP contribution is -2.46. The molecule has 28 heteroatoms. The predicted octanol–water partition coefficient (Wildman–Crippen LogP) is 3.78. The molecule has 2 unspecified atom stereocenters. The normalized spacial score (nSPS) is 27.4. The molecule has 0 aliphatic carbocycles. The molecule has 0 radical (unpaired) electrons. The largest absolute Gasteiger partial charge is 0.507 e. The Morgan fingerprint density at radius 3 is 2.43 bits per heavy atom. The number of aliphatic hydroxyl groups excluding tert-OH is 2. The van der Waals surface area contributed by atoms with E-state index in [9.17, 15) is 53.9 Å². The van der Waals surface area contributed by atoms with Gasteiger partial charge in [-0.05, 0) is 19.9 Å². The zero-order valence-electron chi connectivity index (χ0n) is 47.3. The molecule has 2 aromatic heterocycles. The first-order chi connectivity index (χ1) is 39.4. The summed E-state index contributed by atoms with van der Waals surface area (Å²) in [6.45, 7) is 12.4. The van der Waals surface area contributed by atoms with Gasteiger partial charge in [-0.15, -0.1) is 16.9 Å². The lowest BCUT2D eigenvalue weighted by molar-refractivity contribution is -0.160. The number of hydrogen-bond acceptors (Lipinski definition) is 24. The van der Waals surface area contributed by atoms with Crippen LogP contribution < -0.4 is 26.8 Å². The number of halogens is 1. The number of Topliss-reactive ketones (excluding diaryl/α,β-unsaturated/α-hetero) is 1. The zero-order chi connectivity index (χ0) is 60.6. The van der Waals surface area contributed by atoms with Gasteiger partial charge in [-0.25, -0.2) is 13.9 Å². The number of nitrogens with two attached hydrogens (primary N) is 1. The number of rotatable bonds is 17. The Bertz CT molecular complexity index is 3210. The van der Waals surface area contributed by atoms with Crippen molar-refractivity contribution in [3.63, 3.8) is 0 Å². The average Bonchev–Trinajstić information content (AvgIpc) is 4.12. The molecule has 0 spiro atoms. The van der Waals surface area contributed by atoms with Gasteiger partial charge < -0.3 is 74.5 Å². The van der Waals surface area contributed by atoms with Gasteiger partial charge in [-0.3, -0.25) is 29.1 Å². The van der Waals surface area contributed by atoms with Crippen molar-refractivity contribution in [1.29, 1.82) is 0 Å². The van der Waals surface area contributed by atoms with Crippen molar-refractivity contribution in [2.24, 2.45) is 23.7 Å². The van der Waals surface area contributed by atoms with E-state index in [0.29, 0.717) is 5.69 Å². The number of ketones is 1. The van der Waals surface area contributed by atoms with Crippen LogP contribution in [-0.2, 0) is 67.1 Å². The van der Waals surface area contributed by atoms with Gasteiger partial charge in [0.25, 0.3) is 11.7 Å². The number of aromatic hydroxyl groups is 3. The van der Waals surface area contributed by atoms with Crippen LogP contribution in [0.2, 0.25) is 0 Å². The van der Waals surface area contributed by atoms with E-state index in [1.54, 1.807) is 46.0 Å². The van der Waals surface area contributed by atoms with E-state index in [2.05, 4.69) is 25.9 Å². The van der Waals surface area contributed by atoms with Crippen LogP contribution in [0.3, 0.4) is 0 Å². The van der Waals surface area contributed by atoms with Gasteiger partial charge >= 0.3 is 23.4 Å². The molecule has 452 valence electrons. The summed E-state index contributed by atoms with van der Waals surface area (Å²) in [7, 11) is 1.41. The lowest BCUT2D eigenvalue weighted by atomic mass is 9.78. The molecule has 83 heavy (non-hydrogen) atoms. The molecule has 26 nitrogen and oxygen atoms in total. The number of nitrogen functional groups attached to an aromatic ring is 1. The van der Waals surface area contributed by atoms with Gasteiger partial charge in [-0.1, -0.05) is 51.1 Å². The number of carbonyl (C=O) groups excluding carboxylic acids is 4. The first kappa shape index (κ1) is 63.4. The van der Waals surface area contributed by atoms with Crippen molar-refractivity contribution in [2.75, 3.05) is 57.1 Å². The summed E-state index contributed by atoms with van der Waals surface area (Å²) in [5.41, 5.74) is 3.79. The monoisotopic (exact) mass is 1180 g/mol. The highest BCUT2D eigenvalue weighted by Gasteiger charge is 2.50. The molecule has 8 rings (SSSR count). The second-order valence-corrected chi connectivity index (χ2v) is 21.8. The topological polar surface area (TPSA) is 359 Å². The Morgan fingerprint density at radius 1 is 0.976 bits per heavy atom. The van der Waals surface area contributed by atoms with Crippen LogP contribution in [0.4, 0.5) is 15.9 Å². The second kappa shape index (κ2) is 27.5. The average molecular weight is 1180 g/mol. The van der Waals surface area contributed by atoms with Crippen molar-refractivity contribution in [3.05, 3.63) is 87.2 Å². The second-order valence-electron chi connectivity index (χ2n) is 20.6. The summed E-state index contributed by atoms with van der Waals surface area (Å²) < 4.78 is 62.5. The van der Waals surface area contributed by atoms with Gasteiger partial charge in [0, 0.05) is 85.2 Å². The van der Waals surface area contributed by atoms with E-state index in [1.165, 1.54) is 69.7 Å². The van der Waals surface area contributed by atoms with Gasteiger partial charge in [0.1, 0.15) is 41.6 Å². The minimum absolute atomic E-state index is 0.00502. The third kappa shape index (κ3) is 14.4. The van der Waals surface area contributed by atoms with Crippen LogP contribution in [-0.4, -0.2) is 155 Å². The first-order valence-corrected chi connectivity index (χ1v) is 27.7. The smallest absolute Gasteiger partial charge is 0.351 e. The lowest BCUT2D eigenvalue weighted by Gasteiger charge is -2.38. The van der Waals surface area contributed by atoms with Crippen LogP contribution in [0.1, 0.15) is 81.9 Å². The number of methoxy groups -OCH3 is 1. The minimum atomic E-state index is -2.11. The predicted molar refractivity (Wildman–Crippen MR) is 296 cm³/mol. The number of anilines is 2. The molecular formula is C55H71FN8O18S. The van der Waals surface area contributed by atoms with Crippen LogP contribution in [0.15, 0.2) is 53.3 Å². The number of phenolic OH excluding ortho intramolecular Hbond substituents is 3. The summed E-state index contributed by atoms with van der Waals surface area (Å²) in [4.78, 5) is 69.1. The number of esters is 2. The van der Waals surface area contributed by atoms with E-state index >= 15 is 0 Å². The highest BCUT2D eigenvalue weighted by molar-refractivity contribution is 8.00. The fourth-order valence-electron chi connectivity index (χ4n) is 9.89. The molecule has 0 saturated carbocycles. The Hall–Kier alpha value is -7.18. The molecule has 1 saturated heterocycles.